The number of benzene rings is 1. The van der Waals surface area contributed by atoms with Gasteiger partial charge in [-0.3, -0.25) is 4.79 Å². The van der Waals surface area contributed by atoms with Crippen LogP contribution in [0.2, 0.25) is 0 Å². The minimum atomic E-state index is -1.42. The summed E-state index contributed by atoms with van der Waals surface area (Å²) in [4.78, 5) is 37.9. The third kappa shape index (κ3) is 2.41. The summed E-state index contributed by atoms with van der Waals surface area (Å²) in [5.41, 5.74) is -0.649. The Morgan fingerprint density at radius 3 is 2.55 bits per heavy atom. The van der Waals surface area contributed by atoms with Crippen molar-refractivity contribution in [1.29, 1.82) is 0 Å². The van der Waals surface area contributed by atoms with Gasteiger partial charge in [-0.1, -0.05) is 0 Å². The van der Waals surface area contributed by atoms with E-state index >= 15 is 0 Å². The number of ether oxygens (including phenoxy) is 1. The molecule has 0 saturated heterocycles. The summed E-state index contributed by atoms with van der Waals surface area (Å²) in [5.74, 6) is -0.828. The first kappa shape index (κ1) is 15.9. The second-order valence-corrected chi connectivity index (χ2v) is 5.12. The predicted molar refractivity (Wildman–Crippen MR) is 82.9 cm³/mol. The summed E-state index contributed by atoms with van der Waals surface area (Å²) in [6, 6.07) is 1.55. The number of hydrogen-bond acceptors (Lipinski definition) is 5. The molecule has 0 atom stereocenters. The summed E-state index contributed by atoms with van der Waals surface area (Å²) in [6.45, 7) is 3.49. The van der Waals surface area contributed by atoms with Crippen molar-refractivity contribution in [2.24, 2.45) is 0 Å². The van der Waals surface area contributed by atoms with E-state index in [1.54, 1.807) is 19.9 Å². The summed E-state index contributed by atoms with van der Waals surface area (Å²) in [5, 5.41) is 9.01. The standard InChI is InChI=1S/C14H14N2O5S/c1-6-4-9(11(22)7(2)10(6)21-3)16-12(17)8(13(18)19)5-15-14(16)20/h4-5,22H,1-3H3,(H,15,20)(H,18,19). The van der Waals surface area contributed by atoms with Gasteiger partial charge < -0.3 is 14.8 Å². The Bertz CT molecular complexity index is 882. The fourth-order valence-corrected chi connectivity index (χ4v) is 2.53. The summed E-state index contributed by atoms with van der Waals surface area (Å²) >= 11 is 4.33. The molecule has 0 aliphatic carbocycles. The maximum absolute atomic E-state index is 12.3. The number of aromatic nitrogens is 2. The zero-order valence-electron chi connectivity index (χ0n) is 12.1. The van der Waals surface area contributed by atoms with E-state index in [-0.39, 0.29) is 5.69 Å². The minimum Gasteiger partial charge on any atom is -0.496 e. The van der Waals surface area contributed by atoms with Crippen LogP contribution in [0.5, 0.6) is 5.75 Å². The highest BCUT2D eigenvalue weighted by atomic mass is 32.1. The lowest BCUT2D eigenvalue weighted by Crippen LogP contribution is -2.37. The smallest absolute Gasteiger partial charge is 0.342 e. The molecule has 8 heteroatoms. The number of carbonyl (C=O) groups is 1. The summed E-state index contributed by atoms with van der Waals surface area (Å²) in [7, 11) is 1.51. The van der Waals surface area contributed by atoms with Crippen molar-refractivity contribution < 1.29 is 14.6 Å². The third-order valence-corrected chi connectivity index (χ3v) is 3.87. The number of methoxy groups -OCH3 is 1. The number of thiol groups is 1. The van der Waals surface area contributed by atoms with Gasteiger partial charge in [0, 0.05) is 16.7 Å². The van der Waals surface area contributed by atoms with Gasteiger partial charge in [-0.25, -0.2) is 14.2 Å². The molecule has 116 valence electrons. The molecule has 7 nitrogen and oxygen atoms in total. The Morgan fingerprint density at radius 2 is 2.00 bits per heavy atom. The van der Waals surface area contributed by atoms with E-state index in [4.69, 9.17) is 9.84 Å². The van der Waals surface area contributed by atoms with E-state index in [0.717, 1.165) is 10.8 Å². The highest BCUT2D eigenvalue weighted by Gasteiger charge is 2.19. The molecule has 0 aliphatic rings. The molecule has 2 aromatic rings. The number of aromatic carboxylic acids is 1. The molecule has 1 aromatic heterocycles. The average molecular weight is 322 g/mol. The largest absolute Gasteiger partial charge is 0.496 e. The van der Waals surface area contributed by atoms with Crippen molar-refractivity contribution in [2.45, 2.75) is 18.7 Å². The highest BCUT2D eigenvalue weighted by Crippen LogP contribution is 2.32. The fourth-order valence-electron chi connectivity index (χ4n) is 2.26. The number of hydrogen-bond donors (Lipinski definition) is 3. The van der Waals surface area contributed by atoms with Gasteiger partial charge in [-0.15, -0.1) is 12.6 Å². The molecule has 0 spiro atoms. The Morgan fingerprint density at radius 1 is 1.36 bits per heavy atom. The normalized spacial score (nSPS) is 10.5. The molecule has 0 aliphatic heterocycles. The van der Waals surface area contributed by atoms with Crippen LogP contribution in [0.1, 0.15) is 21.5 Å². The third-order valence-electron chi connectivity index (χ3n) is 3.30. The van der Waals surface area contributed by atoms with E-state index in [0.29, 0.717) is 21.8 Å². The number of nitrogens with one attached hydrogen (secondary N) is 1. The van der Waals surface area contributed by atoms with Crippen molar-refractivity contribution in [1.82, 2.24) is 9.55 Å². The lowest BCUT2D eigenvalue weighted by molar-refractivity contribution is 0.0694. The Balaban J connectivity index is 2.90. The molecule has 2 rings (SSSR count). The molecular weight excluding hydrogens is 308 g/mol. The first-order valence-electron chi connectivity index (χ1n) is 6.25. The molecule has 0 amide bonds. The lowest BCUT2D eigenvalue weighted by Gasteiger charge is -2.15. The van der Waals surface area contributed by atoms with Crippen LogP contribution >= 0.6 is 12.6 Å². The van der Waals surface area contributed by atoms with Crippen LogP contribution in [0.25, 0.3) is 5.69 Å². The molecule has 1 heterocycles. The van der Waals surface area contributed by atoms with Gasteiger partial charge >= 0.3 is 11.7 Å². The number of rotatable bonds is 3. The first-order valence-corrected chi connectivity index (χ1v) is 6.69. The average Bonchev–Trinajstić information content (AvgIpc) is 2.44. The van der Waals surface area contributed by atoms with Crippen LogP contribution in [0.3, 0.4) is 0 Å². The maximum Gasteiger partial charge on any atom is 0.342 e. The van der Waals surface area contributed by atoms with Gasteiger partial charge in [0.2, 0.25) is 0 Å². The van der Waals surface area contributed by atoms with Crippen molar-refractivity contribution in [2.75, 3.05) is 7.11 Å². The SMILES string of the molecule is COc1c(C)cc(-n2c(=O)[nH]cc(C(=O)O)c2=O)c(S)c1C. The topological polar surface area (TPSA) is 101 Å². The zero-order valence-corrected chi connectivity index (χ0v) is 13.0. The van der Waals surface area contributed by atoms with Gasteiger partial charge in [0.15, 0.2) is 0 Å². The number of aryl methyl sites for hydroxylation is 1. The van der Waals surface area contributed by atoms with Crippen LogP contribution in [0.4, 0.5) is 0 Å². The van der Waals surface area contributed by atoms with Crippen molar-refractivity contribution in [3.8, 4) is 11.4 Å². The Labute approximate surface area is 130 Å². The van der Waals surface area contributed by atoms with Crippen LogP contribution in [-0.2, 0) is 0 Å². The minimum absolute atomic E-state index is 0.202. The summed E-state index contributed by atoms with van der Waals surface area (Å²) < 4.78 is 6.01. The van der Waals surface area contributed by atoms with Crippen LogP contribution in [0, 0.1) is 13.8 Å². The number of H-pyrrole nitrogens is 1. The second-order valence-electron chi connectivity index (χ2n) is 4.67. The van der Waals surface area contributed by atoms with Gasteiger partial charge in [0.05, 0.1) is 12.8 Å². The molecule has 0 unspecified atom stereocenters. The van der Waals surface area contributed by atoms with Crippen molar-refractivity contribution in [3.05, 3.63) is 49.8 Å². The maximum atomic E-state index is 12.3. The number of aromatic amines is 1. The molecule has 0 radical (unpaired) electrons. The van der Waals surface area contributed by atoms with E-state index in [1.807, 2.05) is 0 Å². The molecule has 0 fully saturated rings. The van der Waals surface area contributed by atoms with Crippen LogP contribution in [0.15, 0.2) is 26.7 Å². The number of carboxylic acids is 1. The quantitative estimate of drug-likeness (QED) is 0.736. The number of carboxylic acid groups (broad SMARTS) is 1. The molecular formula is C14H14N2O5S. The second kappa shape index (κ2) is 5.72. The Kier molecular flexibility index (Phi) is 4.14. The van der Waals surface area contributed by atoms with Crippen molar-refractivity contribution >= 4 is 18.6 Å². The summed E-state index contributed by atoms with van der Waals surface area (Å²) in [6.07, 6.45) is 0.880. The van der Waals surface area contributed by atoms with Crippen LogP contribution < -0.4 is 16.0 Å². The Hall–Kier alpha value is -2.48. The van der Waals surface area contributed by atoms with Crippen molar-refractivity contribution in [3.63, 3.8) is 0 Å². The molecule has 22 heavy (non-hydrogen) atoms. The zero-order chi connectivity index (χ0) is 16.6. The molecule has 1 aromatic carbocycles. The van der Waals surface area contributed by atoms with E-state index in [1.165, 1.54) is 7.11 Å². The molecule has 0 saturated carbocycles. The van der Waals surface area contributed by atoms with Gasteiger partial charge in [-0.05, 0) is 25.5 Å². The number of nitrogens with zero attached hydrogens (tertiary/aromatic N) is 1. The lowest BCUT2D eigenvalue weighted by atomic mass is 10.1. The van der Waals surface area contributed by atoms with Gasteiger partial charge in [-0.2, -0.15) is 0 Å². The van der Waals surface area contributed by atoms with Gasteiger partial charge in [0.25, 0.3) is 5.56 Å². The van der Waals surface area contributed by atoms with Crippen LogP contribution in [-0.4, -0.2) is 27.7 Å². The van der Waals surface area contributed by atoms with E-state index in [9.17, 15) is 14.4 Å². The van der Waals surface area contributed by atoms with Gasteiger partial charge in [0.1, 0.15) is 11.3 Å². The predicted octanol–water partition coefficient (Wildman–Crippen LogP) is 1.14. The van der Waals surface area contributed by atoms with E-state index < -0.39 is 22.8 Å². The van der Waals surface area contributed by atoms with E-state index in [2.05, 4.69) is 17.6 Å². The fraction of sp³-hybridized carbons (Fsp3) is 0.214. The highest BCUT2D eigenvalue weighted by molar-refractivity contribution is 7.80. The first-order chi connectivity index (χ1) is 10.3. The monoisotopic (exact) mass is 322 g/mol. The molecule has 2 N–H and O–H groups in total. The molecule has 0 bridgehead atoms.